The summed E-state index contributed by atoms with van der Waals surface area (Å²) in [6.45, 7) is 2.35. The lowest BCUT2D eigenvalue weighted by atomic mass is 9.83. The van der Waals surface area contributed by atoms with E-state index in [-0.39, 0.29) is 29.8 Å². The van der Waals surface area contributed by atoms with Gasteiger partial charge in [-0.3, -0.25) is 4.79 Å². The molecule has 1 amide bonds. The summed E-state index contributed by atoms with van der Waals surface area (Å²) in [5.74, 6) is -1.37. The third kappa shape index (κ3) is 5.00. The Morgan fingerprint density at radius 1 is 0.943 bits per heavy atom. The summed E-state index contributed by atoms with van der Waals surface area (Å²) in [4.78, 5) is 25.2. The lowest BCUT2D eigenvalue weighted by molar-refractivity contribution is -0.895. The maximum absolute atomic E-state index is 13.9. The number of carboxylic acid groups (broad SMARTS) is 1. The molecule has 1 aliphatic rings. The average molecular weight is 483 g/mol. The molecule has 2 unspecified atom stereocenters. The van der Waals surface area contributed by atoms with Gasteiger partial charge in [-0.25, -0.2) is 9.28 Å². The van der Waals surface area contributed by atoms with Crippen LogP contribution < -0.4 is 0 Å². The van der Waals surface area contributed by atoms with Gasteiger partial charge in [0.05, 0.1) is 24.9 Å². The number of carbonyl (C=O) groups is 2. The quantitative estimate of drug-likeness (QED) is 0.434. The molecule has 0 radical (unpaired) electrons. The van der Waals surface area contributed by atoms with E-state index >= 15 is 0 Å². The third-order valence-corrected chi connectivity index (χ3v) is 6.88. The van der Waals surface area contributed by atoms with E-state index in [1.54, 1.807) is 6.07 Å². The van der Waals surface area contributed by atoms with Gasteiger partial charge in [-0.15, -0.1) is 0 Å². The number of benzene rings is 3. The van der Waals surface area contributed by atoms with Crippen LogP contribution in [0.1, 0.15) is 52.3 Å². The van der Waals surface area contributed by atoms with Gasteiger partial charge < -0.3 is 5.11 Å². The predicted octanol–water partition coefficient (Wildman–Crippen LogP) is 6.07. The van der Waals surface area contributed by atoms with E-state index < -0.39 is 23.8 Å². The van der Waals surface area contributed by atoms with Gasteiger partial charge in [0.2, 0.25) is 0 Å². The fraction of sp³-hybridized carbons (Fsp3) is 0.286. The first-order chi connectivity index (χ1) is 16.6. The van der Waals surface area contributed by atoms with E-state index in [1.165, 1.54) is 6.07 Å². The van der Waals surface area contributed by atoms with Crippen LogP contribution in [0.3, 0.4) is 0 Å². The molecule has 0 spiro atoms. The zero-order chi connectivity index (χ0) is 25.2. The third-order valence-electron chi connectivity index (χ3n) is 6.88. The van der Waals surface area contributed by atoms with Gasteiger partial charge in [0.1, 0.15) is 12.6 Å². The maximum atomic E-state index is 13.9. The fourth-order valence-electron chi connectivity index (χ4n) is 5.21. The normalized spacial score (nSPS) is 19.7. The van der Waals surface area contributed by atoms with Crippen LogP contribution in [0, 0.1) is 6.92 Å². The molecule has 1 aliphatic heterocycles. The lowest BCUT2D eigenvalue weighted by Crippen LogP contribution is -2.58. The first-order valence-corrected chi connectivity index (χ1v) is 11.5. The van der Waals surface area contributed by atoms with Crippen LogP contribution in [0.2, 0.25) is 0 Å². The number of hydrogen-bond donors (Lipinski definition) is 1. The molecule has 4 rings (SSSR count). The van der Waals surface area contributed by atoms with Crippen molar-refractivity contribution in [2.24, 2.45) is 0 Å². The molecule has 2 atom stereocenters. The van der Waals surface area contributed by atoms with Gasteiger partial charge in [0.25, 0.3) is 0 Å². The Labute approximate surface area is 202 Å². The number of aliphatic carboxylic acids is 1. The average Bonchev–Trinajstić information content (AvgIpc) is 2.82. The van der Waals surface area contributed by atoms with Crippen molar-refractivity contribution in [1.82, 2.24) is 0 Å². The molecule has 0 aromatic heterocycles. The van der Waals surface area contributed by atoms with E-state index in [0.717, 1.165) is 34.4 Å². The van der Waals surface area contributed by atoms with Crippen molar-refractivity contribution >= 4 is 11.9 Å². The molecule has 0 fully saturated rings. The summed E-state index contributed by atoms with van der Waals surface area (Å²) in [5, 5.41) is 9.26. The Hall–Kier alpha value is -3.45. The highest BCUT2D eigenvalue weighted by Gasteiger charge is 2.49. The van der Waals surface area contributed by atoms with Crippen LogP contribution in [0.5, 0.6) is 0 Å². The van der Waals surface area contributed by atoms with E-state index in [9.17, 15) is 27.9 Å². The monoisotopic (exact) mass is 482 g/mol. The summed E-state index contributed by atoms with van der Waals surface area (Å²) in [6.07, 6.45) is -4.46. The van der Waals surface area contributed by atoms with Gasteiger partial charge >= 0.3 is 18.1 Å². The van der Waals surface area contributed by atoms with Crippen molar-refractivity contribution in [2.45, 2.75) is 44.9 Å². The van der Waals surface area contributed by atoms with Crippen LogP contribution in [-0.4, -0.2) is 28.0 Å². The molecule has 0 bridgehead atoms. The molecule has 182 valence electrons. The zero-order valence-corrected chi connectivity index (χ0v) is 19.4. The van der Waals surface area contributed by atoms with E-state index in [2.05, 4.69) is 0 Å². The van der Waals surface area contributed by atoms with Gasteiger partial charge in [0.15, 0.2) is 0 Å². The highest BCUT2D eigenvalue weighted by Crippen LogP contribution is 2.44. The molecular formula is C28H27F3NO3+. The standard InChI is InChI=1S/C28H26F3NO3/c1-19-7-2-4-11-23(19)27-24-12-5-3-9-21(24)15-16-32(27,25(33)13-14-26(34)35)18-20-8-6-10-22(17-20)28(29,30)31/h2-12,17,27H,13-16,18H2,1H3/p+1. The molecule has 4 nitrogen and oxygen atoms in total. The predicted molar refractivity (Wildman–Crippen MR) is 125 cm³/mol. The second-order valence-corrected chi connectivity index (χ2v) is 9.11. The Morgan fingerprint density at radius 2 is 1.63 bits per heavy atom. The number of carbonyl (C=O) groups excluding carboxylic acids is 1. The minimum Gasteiger partial charge on any atom is -0.481 e. The number of carboxylic acids is 1. The Bertz CT molecular complexity index is 1250. The highest BCUT2D eigenvalue weighted by atomic mass is 19.4. The Kier molecular flexibility index (Phi) is 6.81. The number of halogens is 3. The number of amides is 1. The molecular weight excluding hydrogens is 455 g/mol. The number of hydrogen-bond acceptors (Lipinski definition) is 2. The van der Waals surface area contributed by atoms with Crippen LogP contribution in [0.15, 0.2) is 72.8 Å². The summed E-state index contributed by atoms with van der Waals surface area (Å²) < 4.78 is 40.2. The van der Waals surface area contributed by atoms with Gasteiger partial charge in [-0.2, -0.15) is 13.2 Å². The van der Waals surface area contributed by atoms with Crippen molar-refractivity contribution in [1.29, 1.82) is 0 Å². The number of alkyl halides is 3. The summed E-state index contributed by atoms with van der Waals surface area (Å²) in [5.41, 5.74) is 3.54. The Morgan fingerprint density at radius 3 is 2.31 bits per heavy atom. The second kappa shape index (κ2) is 9.66. The summed E-state index contributed by atoms with van der Waals surface area (Å²) in [7, 11) is 0. The summed E-state index contributed by atoms with van der Waals surface area (Å²) in [6, 6.07) is 20.1. The molecule has 1 heterocycles. The van der Waals surface area contributed by atoms with Crippen molar-refractivity contribution in [3.05, 3.63) is 106 Å². The number of nitrogens with zero attached hydrogens (tertiary/aromatic N) is 1. The van der Waals surface area contributed by atoms with Crippen LogP contribution in [0.4, 0.5) is 13.2 Å². The van der Waals surface area contributed by atoms with Crippen molar-refractivity contribution in [3.8, 4) is 0 Å². The molecule has 7 heteroatoms. The maximum Gasteiger partial charge on any atom is 0.416 e. The number of quaternary nitrogens is 1. The number of fused-ring (bicyclic) bond motifs is 1. The van der Waals surface area contributed by atoms with Crippen molar-refractivity contribution in [3.63, 3.8) is 0 Å². The number of aryl methyl sites for hydroxylation is 1. The smallest absolute Gasteiger partial charge is 0.416 e. The van der Waals surface area contributed by atoms with Crippen LogP contribution in [0.25, 0.3) is 0 Å². The number of rotatable bonds is 6. The lowest BCUT2D eigenvalue weighted by Gasteiger charge is -2.47. The van der Waals surface area contributed by atoms with E-state index in [1.807, 2.05) is 55.5 Å². The highest BCUT2D eigenvalue weighted by molar-refractivity contribution is 5.77. The molecule has 0 saturated carbocycles. The molecule has 0 aliphatic carbocycles. The second-order valence-electron chi connectivity index (χ2n) is 9.11. The topological polar surface area (TPSA) is 54.4 Å². The zero-order valence-electron chi connectivity index (χ0n) is 19.4. The first-order valence-electron chi connectivity index (χ1n) is 11.5. The minimum atomic E-state index is -4.50. The van der Waals surface area contributed by atoms with Crippen molar-refractivity contribution in [2.75, 3.05) is 6.54 Å². The van der Waals surface area contributed by atoms with Crippen LogP contribution in [-0.2, 0) is 28.7 Å². The molecule has 35 heavy (non-hydrogen) atoms. The summed E-state index contributed by atoms with van der Waals surface area (Å²) >= 11 is 0. The fourth-order valence-corrected chi connectivity index (χ4v) is 5.21. The molecule has 3 aromatic rings. The van der Waals surface area contributed by atoms with Gasteiger partial charge in [0, 0.05) is 23.1 Å². The minimum absolute atomic E-state index is 0.0374. The van der Waals surface area contributed by atoms with Crippen molar-refractivity contribution < 1.29 is 32.3 Å². The van der Waals surface area contributed by atoms with E-state index in [4.69, 9.17) is 0 Å². The molecule has 1 N–H and O–H groups in total. The molecule has 3 aromatic carbocycles. The Balaban J connectivity index is 1.91. The molecule has 0 saturated heterocycles. The largest absolute Gasteiger partial charge is 0.481 e. The van der Waals surface area contributed by atoms with Crippen LogP contribution >= 0.6 is 0 Å². The van der Waals surface area contributed by atoms with E-state index in [0.29, 0.717) is 18.5 Å². The van der Waals surface area contributed by atoms with Gasteiger partial charge in [-0.05, 0) is 30.2 Å². The van der Waals surface area contributed by atoms with Gasteiger partial charge in [-0.1, -0.05) is 60.7 Å². The first kappa shape index (κ1) is 24.7. The SMILES string of the molecule is Cc1ccccc1C1c2ccccc2CC[N+]1(Cc1cccc(C(F)(F)F)c1)C(=O)CCC(=O)O.